The van der Waals surface area contributed by atoms with Gasteiger partial charge in [0.15, 0.2) is 0 Å². The molecule has 2 aromatic heterocycles. The molecule has 0 radical (unpaired) electrons. The third-order valence-electron chi connectivity index (χ3n) is 2.83. The first kappa shape index (κ1) is 13.6. The summed E-state index contributed by atoms with van der Waals surface area (Å²) in [7, 11) is 0. The van der Waals surface area contributed by atoms with Gasteiger partial charge in [-0.3, -0.25) is 0 Å². The predicted molar refractivity (Wildman–Crippen MR) is 82.5 cm³/mol. The minimum atomic E-state index is 0.461. The summed E-state index contributed by atoms with van der Waals surface area (Å²) in [6, 6.07) is 11.7. The molecule has 0 atom stereocenters. The number of para-hydroxylation sites is 2. The van der Waals surface area contributed by atoms with Gasteiger partial charge in [-0.25, -0.2) is 0 Å². The Morgan fingerprint density at radius 3 is 2.95 bits per heavy atom. The number of nitrogens with one attached hydrogen (secondary N) is 1. The third kappa shape index (κ3) is 3.22. The molecule has 0 aliphatic carbocycles. The van der Waals surface area contributed by atoms with E-state index in [0.29, 0.717) is 24.9 Å². The second-order valence-electron chi connectivity index (χ2n) is 4.27. The Bertz CT molecular complexity index is 695. The van der Waals surface area contributed by atoms with Gasteiger partial charge in [-0.2, -0.15) is 4.98 Å². The van der Waals surface area contributed by atoms with Gasteiger partial charge in [-0.05, 0) is 30.5 Å². The van der Waals surface area contributed by atoms with Crippen LogP contribution in [0.3, 0.4) is 0 Å². The summed E-state index contributed by atoms with van der Waals surface area (Å²) >= 11 is 1.59. The first-order valence-electron chi connectivity index (χ1n) is 6.69. The molecule has 3 rings (SSSR count). The smallest absolute Gasteiger partial charge is 0.246 e. The highest BCUT2D eigenvalue weighted by atomic mass is 32.1. The van der Waals surface area contributed by atoms with Crippen LogP contribution in [0.5, 0.6) is 5.75 Å². The van der Waals surface area contributed by atoms with Crippen LogP contribution in [0, 0.1) is 0 Å². The molecule has 108 valence electrons. The van der Waals surface area contributed by atoms with Crippen LogP contribution in [0.1, 0.15) is 12.8 Å². The largest absolute Gasteiger partial charge is 0.492 e. The minimum Gasteiger partial charge on any atom is -0.492 e. The molecule has 0 spiro atoms. The molecule has 0 aliphatic rings. The number of nitrogens with zero attached hydrogens (tertiary/aromatic N) is 2. The molecule has 1 aromatic carbocycles. The van der Waals surface area contributed by atoms with E-state index in [1.165, 1.54) is 0 Å². The average molecular weight is 301 g/mol. The van der Waals surface area contributed by atoms with E-state index in [2.05, 4.69) is 15.5 Å². The summed E-state index contributed by atoms with van der Waals surface area (Å²) < 4.78 is 10.8. The second-order valence-corrected chi connectivity index (χ2v) is 5.22. The zero-order valence-corrected chi connectivity index (χ0v) is 12.4. The van der Waals surface area contributed by atoms with E-state index in [1.54, 1.807) is 11.3 Å². The van der Waals surface area contributed by atoms with Crippen molar-refractivity contribution in [1.82, 2.24) is 10.1 Å². The predicted octanol–water partition coefficient (Wildman–Crippen LogP) is 3.81. The highest BCUT2D eigenvalue weighted by molar-refractivity contribution is 7.13. The Kier molecular flexibility index (Phi) is 4.16. The van der Waals surface area contributed by atoms with Crippen molar-refractivity contribution in [2.24, 2.45) is 0 Å². The van der Waals surface area contributed by atoms with Gasteiger partial charge in [-0.1, -0.05) is 23.4 Å². The molecule has 5 nitrogen and oxygen atoms in total. The van der Waals surface area contributed by atoms with Crippen LogP contribution >= 0.6 is 11.3 Å². The topological polar surface area (TPSA) is 60.2 Å². The lowest BCUT2D eigenvalue weighted by atomic mass is 10.3. The van der Waals surface area contributed by atoms with Gasteiger partial charge in [0.1, 0.15) is 5.75 Å². The maximum absolute atomic E-state index is 5.56. The van der Waals surface area contributed by atoms with Gasteiger partial charge in [0.05, 0.1) is 23.7 Å². The number of rotatable bonds is 6. The van der Waals surface area contributed by atoms with E-state index in [4.69, 9.17) is 9.26 Å². The number of aromatic nitrogens is 2. The molecule has 0 saturated carbocycles. The van der Waals surface area contributed by atoms with Crippen LogP contribution in [-0.4, -0.2) is 16.7 Å². The maximum Gasteiger partial charge on any atom is 0.246 e. The van der Waals surface area contributed by atoms with Crippen LogP contribution in [-0.2, 0) is 6.54 Å². The summed E-state index contributed by atoms with van der Waals surface area (Å²) in [4.78, 5) is 5.37. The quantitative estimate of drug-likeness (QED) is 0.750. The fraction of sp³-hybridized carbons (Fsp3) is 0.200. The Morgan fingerprint density at radius 2 is 2.14 bits per heavy atom. The SMILES string of the molecule is CCOc1ccccc1NCc1nc(-c2cccs2)no1. The summed E-state index contributed by atoms with van der Waals surface area (Å²) in [5, 5.41) is 9.23. The molecule has 0 amide bonds. The van der Waals surface area contributed by atoms with Gasteiger partial charge in [0.25, 0.3) is 0 Å². The van der Waals surface area contributed by atoms with Crippen molar-refractivity contribution in [2.45, 2.75) is 13.5 Å². The lowest BCUT2D eigenvalue weighted by molar-refractivity contribution is 0.341. The number of thiophene rings is 1. The molecule has 3 aromatic rings. The maximum atomic E-state index is 5.56. The van der Waals surface area contributed by atoms with Crippen molar-refractivity contribution < 1.29 is 9.26 Å². The number of ether oxygens (including phenoxy) is 1. The van der Waals surface area contributed by atoms with E-state index >= 15 is 0 Å². The standard InChI is InChI=1S/C15H15N3O2S/c1-2-19-12-7-4-3-6-11(12)16-10-14-17-15(18-20-14)13-8-5-9-21-13/h3-9,16H,2,10H2,1H3. The van der Waals surface area contributed by atoms with E-state index in [9.17, 15) is 0 Å². The molecule has 0 aliphatic heterocycles. The summed E-state index contributed by atoms with van der Waals surface area (Å²) in [5.74, 6) is 1.99. The molecule has 1 N–H and O–H groups in total. The first-order chi connectivity index (χ1) is 10.4. The van der Waals surface area contributed by atoms with Crippen molar-refractivity contribution in [1.29, 1.82) is 0 Å². The summed E-state index contributed by atoms with van der Waals surface area (Å²) in [5.41, 5.74) is 0.912. The summed E-state index contributed by atoms with van der Waals surface area (Å²) in [6.45, 7) is 3.05. The van der Waals surface area contributed by atoms with Crippen molar-refractivity contribution in [3.8, 4) is 16.5 Å². The zero-order chi connectivity index (χ0) is 14.5. The van der Waals surface area contributed by atoms with Gasteiger partial charge >= 0.3 is 0 Å². The van der Waals surface area contributed by atoms with Crippen LogP contribution in [0.2, 0.25) is 0 Å². The normalized spacial score (nSPS) is 10.5. The Balaban J connectivity index is 1.68. The molecular formula is C15H15N3O2S. The highest BCUT2D eigenvalue weighted by Crippen LogP contribution is 2.25. The minimum absolute atomic E-state index is 0.461. The van der Waals surface area contributed by atoms with E-state index in [0.717, 1.165) is 16.3 Å². The molecule has 0 unspecified atom stereocenters. The van der Waals surface area contributed by atoms with Gasteiger partial charge in [-0.15, -0.1) is 11.3 Å². The molecular weight excluding hydrogens is 286 g/mol. The summed E-state index contributed by atoms with van der Waals surface area (Å²) in [6.07, 6.45) is 0. The van der Waals surface area contributed by atoms with Crippen LogP contribution in [0.15, 0.2) is 46.3 Å². The van der Waals surface area contributed by atoms with Gasteiger partial charge in [0, 0.05) is 0 Å². The lowest BCUT2D eigenvalue weighted by Gasteiger charge is -2.10. The van der Waals surface area contributed by atoms with Gasteiger partial charge < -0.3 is 14.6 Å². The Morgan fingerprint density at radius 1 is 1.24 bits per heavy atom. The monoisotopic (exact) mass is 301 g/mol. The molecule has 6 heteroatoms. The average Bonchev–Trinajstić information content (AvgIpc) is 3.18. The number of hydrogen-bond donors (Lipinski definition) is 1. The van der Waals surface area contributed by atoms with Crippen LogP contribution in [0.25, 0.3) is 10.7 Å². The van der Waals surface area contributed by atoms with E-state index in [1.807, 2.05) is 48.7 Å². The van der Waals surface area contributed by atoms with Crippen molar-refractivity contribution in [2.75, 3.05) is 11.9 Å². The number of hydrogen-bond acceptors (Lipinski definition) is 6. The molecule has 2 heterocycles. The Labute approximate surface area is 126 Å². The third-order valence-corrected chi connectivity index (χ3v) is 3.69. The van der Waals surface area contributed by atoms with Crippen molar-refractivity contribution in [3.63, 3.8) is 0 Å². The Hall–Kier alpha value is -2.34. The van der Waals surface area contributed by atoms with E-state index < -0.39 is 0 Å². The zero-order valence-electron chi connectivity index (χ0n) is 11.6. The number of benzene rings is 1. The second kappa shape index (κ2) is 6.41. The fourth-order valence-corrected chi connectivity index (χ4v) is 2.55. The lowest BCUT2D eigenvalue weighted by Crippen LogP contribution is -2.02. The molecule has 21 heavy (non-hydrogen) atoms. The van der Waals surface area contributed by atoms with Crippen LogP contribution < -0.4 is 10.1 Å². The van der Waals surface area contributed by atoms with Crippen molar-refractivity contribution >= 4 is 17.0 Å². The molecule has 0 fully saturated rings. The van der Waals surface area contributed by atoms with Crippen molar-refractivity contribution in [3.05, 3.63) is 47.7 Å². The van der Waals surface area contributed by atoms with Crippen LogP contribution in [0.4, 0.5) is 5.69 Å². The highest BCUT2D eigenvalue weighted by Gasteiger charge is 2.10. The fourth-order valence-electron chi connectivity index (χ4n) is 1.90. The van der Waals surface area contributed by atoms with E-state index in [-0.39, 0.29) is 0 Å². The molecule has 0 bridgehead atoms. The first-order valence-corrected chi connectivity index (χ1v) is 7.57. The number of anilines is 1. The molecule has 0 saturated heterocycles. The van der Waals surface area contributed by atoms with Gasteiger partial charge in [0.2, 0.25) is 11.7 Å².